The van der Waals surface area contributed by atoms with E-state index < -0.39 is 5.67 Å². The van der Waals surface area contributed by atoms with Crippen LogP contribution in [0.15, 0.2) is 140 Å². The van der Waals surface area contributed by atoms with Gasteiger partial charge in [0.1, 0.15) is 5.67 Å². The second-order valence-corrected chi connectivity index (χ2v) is 11.5. The average molecular weight is 549 g/mol. The molecule has 42 heavy (non-hydrogen) atoms. The topological polar surface area (TPSA) is 6.48 Å². The van der Waals surface area contributed by atoms with Crippen molar-refractivity contribution in [3.8, 4) is 0 Å². The van der Waals surface area contributed by atoms with Crippen LogP contribution in [0.3, 0.4) is 0 Å². The highest BCUT2D eigenvalue weighted by atomic mass is 19.1. The van der Waals surface area contributed by atoms with E-state index in [2.05, 4.69) is 131 Å². The zero-order valence-electron chi connectivity index (χ0n) is 24.0. The lowest BCUT2D eigenvalue weighted by molar-refractivity contribution is 0.222. The van der Waals surface area contributed by atoms with Crippen molar-refractivity contribution in [3.05, 3.63) is 173 Å². The van der Waals surface area contributed by atoms with Gasteiger partial charge in [0.05, 0.1) is 18.1 Å². The lowest BCUT2D eigenvalue weighted by Crippen LogP contribution is -2.29. The Morgan fingerprint density at radius 1 is 0.619 bits per heavy atom. The summed E-state index contributed by atoms with van der Waals surface area (Å²) < 4.78 is 16.2. The number of nitrogens with zero attached hydrogens (tertiary/aromatic N) is 2. The fraction of sp³-hybridized carbons (Fsp3) is 0.128. The van der Waals surface area contributed by atoms with Crippen molar-refractivity contribution >= 4 is 28.2 Å². The molecule has 2 aliphatic rings. The number of hydrogen-bond acceptors (Lipinski definition) is 2. The lowest BCUT2D eigenvalue weighted by atomic mass is 9.89. The molecule has 0 unspecified atom stereocenters. The second kappa shape index (κ2) is 10.5. The molecule has 0 fully saturated rings. The summed E-state index contributed by atoms with van der Waals surface area (Å²) in [5.41, 5.74) is 10.6. The predicted molar refractivity (Wildman–Crippen MR) is 174 cm³/mol. The summed E-state index contributed by atoms with van der Waals surface area (Å²) in [6, 6.07) is 46.3. The van der Waals surface area contributed by atoms with Gasteiger partial charge in [0.25, 0.3) is 0 Å². The van der Waals surface area contributed by atoms with Crippen molar-refractivity contribution in [2.75, 3.05) is 16.5 Å². The molecule has 0 N–H and O–H groups in total. The molecule has 0 spiro atoms. The van der Waals surface area contributed by atoms with Gasteiger partial charge in [-0.2, -0.15) is 0 Å². The van der Waals surface area contributed by atoms with E-state index in [-0.39, 0.29) is 0 Å². The van der Waals surface area contributed by atoms with Crippen LogP contribution in [0.4, 0.5) is 15.8 Å². The molecule has 0 saturated carbocycles. The Bertz CT molecular complexity index is 1780. The van der Waals surface area contributed by atoms with E-state index in [1.165, 1.54) is 33.4 Å². The maximum absolute atomic E-state index is 16.2. The molecule has 1 aliphatic carbocycles. The highest BCUT2D eigenvalue weighted by molar-refractivity contribution is 6.06. The summed E-state index contributed by atoms with van der Waals surface area (Å²) in [6.07, 6.45) is 2.93. The number of anilines is 2. The molecule has 0 saturated heterocycles. The van der Waals surface area contributed by atoms with Crippen LogP contribution in [0.2, 0.25) is 0 Å². The number of rotatable bonds is 6. The summed E-state index contributed by atoms with van der Waals surface area (Å²) in [6.45, 7) is 3.94. The van der Waals surface area contributed by atoms with Crippen LogP contribution in [0, 0.1) is 0 Å². The third-order valence-corrected chi connectivity index (χ3v) is 8.32. The Morgan fingerprint density at radius 3 is 1.76 bits per heavy atom. The quantitative estimate of drug-likeness (QED) is 0.208. The van der Waals surface area contributed by atoms with E-state index in [0.717, 1.165) is 29.1 Å². The van der Waals surface area contributed by atoms with Crippen LogP contribution in [0.1, 0.15) is 47.2 Å². The minimum atomic E-state index is -1.53. The molecule has 0 radical (unpaired) electrons. The van der Waals surface area contributed by atoms with Gasteiger partial charge < -0.3 is 9.80 Å². The standard InChI is InChI=1S/C39H33FN2/c1-39(2,40)35-24-23-32-34(25-33(28-15-7-3-8-16-28)37(32)30-19-11-5-12-20-30)38(35)42-27-41(31-21-13-6-14-22-31)26-36(42)29-17-9-4-10-18-29/h3-24,26H,25,27H2,1-2H3. The third kappa shape index (κ3) is 4.61. The van der Waals surface area contributed by atoms with Crippen molar-refractivity contribution in [1.82, 2.24) is 0 Å². The first-order valence-electron chi connectivity index (χ1n) is 14.5. The van der Waals surface area contributed by atoms with Gasteiger partial charge in [-0.1, -0.05) is 121 Å². The number of halogens is 1. The Morgan fingerprint density at radius 2 is 1.17 bits per heavy atom. The summed E-state index contributed by atoms with van der Waals surface area (Å²) in [4.78, 5) is 4.59. The van der Waals surface area contributed by atoms with Crippen LogP contribution in [0.25, 0.3) is 16.8 Å². The van der Waals surface area contributed by atoms with E-state index in [0.29, 0.717) is 12.2 Å². The largest absolute Gasteiger partial charge is 0.327 e. The van der Waals surface area contributed by atoms with Gasteiger partial charge >= 0.3 is 0 Å². The van der Waals surface area contributed by atoms with Gasteiger partial charge in [0, 0.05) is 23.9 Å². The Hall–Kier alpha value is -4.89. The molecule has 2 nitrogen and oxygen atoms in total. The summed E-state index contributed by atoms with van der Waals surface area (Å²) in [5, 5.41) is 0. The Kier molecular flexibility index (Phi) is 6.51. The smallest absolute Gasteiger partial charge is 0.132 e. The SMILES string of the molecule is CC(C)(F)c1ccc2c(c1N1CN(c3ccccc3)C=C1c1ccccc1)CC(c1ccccc1)=C2c1ccccc1. The fourth-order valence-electron chi connectivity index (χ4n) is 6.38. The molecule has 5 aromatic rings. The highest BCUT2D eigenvalue weighted by Crippen LogP contribution is 2.51. The first-order valence-corrected chi connectivity index (χ1v) is 14.5. The summed E-state index contributed by atoms with van der Waals surface area (Å²) >= 11 is 0. The first-order chi connectivity index (χ1) is 20.5. The van der Waals surface area contributed by atoms with Crippen molar-refractivity contribution in [2.24, 2.45) is 0 Å². The zero-order chi connectivity index (χ0) is 28.7. The van der Waals surface area contributed by atoms with E-state index in [1.54, 1.807) is 13.8 Å². The summed E-state index contributed by atoms with van der Waals surface area (Å²) in [7, 11) is 0. The molecule has 0 atom stereocenters. The van der Waals surface area contributed by atoms with Gasteiger partial charge in [-0.3, -0.25) is 0 Å². The molecule has 5 aromatic carbocycles. The number of fused-ring (bicyclic) bond motifs is 1. The number of benzene rings is 5. The molecule has 0 amide bonds. The van der Waals surface area contributed by atoms with E-state index in [4.69, 9.17) is 0 Å². The number of alkyl halides is 1. The van der Waals surface area contributed by atoms with Crippen LogP contribution in [-0.2, 0) is 12.1 Å². The Labute approximate surface area is 247 Å². The minimum absolute atomic E-state index is 0.592. The number of hydrogen-bond donors (Lipinski definition) is 0. The van der Waals surface area contributed by atoms with Gasteiger partial charge in [0.2, 0.25) is 0 Å². The lowest BCUT2D eigenvalue weighted by Gasteiger charge is -2.32. The number of allylic oxidation sites excluding steroid dienone is 1. The normalized spacial score (nSPS) is 14.8. The molecule has 206 valence electrons. The predicted octanol–water partition coefficient (Wildman–Crippen LogP) is 9.69. The summed E-state index contributed by atoms with van der Waals surface area (Å²) in [5.74, 6) is 0. The Balaban J connectivity index is 1.46. The van der Waals surface area contributed by atoms with Gasteiger partial charge in [-0.05, 0) is 64.9 Å². The number of para-hydroxylation sites is 1. The van der Waals surface area contributed by atoms with Crippen LogP contribution in [0.5, 0.6) is 0 Å². The molecule has 1 aliphatic heterocycles. The van der Waals surface area contributed by atoms with Crippen molar-refractivity contribution in [1.29, 1.82) is 0 Å². The molecule has 3 heteroatoms. The van der Waals surface area contributed by atoms with Gasteiger partial charge in [-0.25, -0.2) is 4.39 Å². The fourth-order valence-corrected chi connectivity index (χ4v) is 6.38. The van der Waals surface area contributed by atoms with Crippen LogP contribution < -0.4 is 9.80 Å². The molecular weight excluding hydrogens is 515 g/mol. The van der Waals surface area contributed by atoms with Crippen LogP contribution in [-0.4, -0.2) is 6.67 Å². The second-order valence-electron chi connectivity index (χ2n) is 11.5. The molecule has 0 aromatic heterocycles. The zero-order valence-corrected chi connectivity index (χ0v) is 24.0. The maximum Gasteiger partial charge on any atom is 0.132 e. The van der Waals surface area contributed by atoms with E-state index in [1.807, 2.05) is 18.2 Å². The third-order valence-electron chi connectivity index (χ3n) is 8.32. The molecule has 0 bridgehead atoms. The average Bonchev–Trinajstić information content (AvgIpc) is 3.65. The van der Waals surface area contributed by atoms with Gasteiger partial charge in [0.15, 0.2) is 0 Å². The molecular formula is C39H33FN2. The van der Waals surface area contributed by atoms with E-state index in [9.17, 15) is 0 Å². The van der Waals surface area contributed by atoms with Gasteiger partial charge in [-0.15, -0.1) is 0 Å². The van der Waals surface area contributed by atoms with Crippen molar-refractivity contribution < 1.29 is 4.39 Å². The molecule has 7 rings (SSSR count). The van der Waals surface area contributed by atoms with E-state index >= 15 is 4.39 Å². The monoisotopic (exact) mass is 548 g/mol. The van der Waals surface area contributed by atoms with Crippen LogP contribution >= 0.6 is 0 Å². The first kappa shape index (κ1) is 26.0. The van der Waals surface area contributed by atoms with Crippen molar-refractivity contribution in [2.45, 2.75) is 25.9 Å². The molecule has 1 heterocycles. The minimum Gasteiger partial charge on any atom is -0.327 e. The van der Waals surface area contributed by atoms with Crippen molar-refractivity contribution in [3.63, 3.8) is 0 Å². The highest BCUT2D eigenvalue weighted by Gasteiger charge is 2.37. The maximum atomic E-state index is 16.2.